The molecule has 0 spiro atoms. The highest BCUT2D eigenvalue weighted by Gasteiger charge is 2.12. The first-order chi connectivity index (χ1) is 8.63. The largest absolute Gasteiger partial charge is 0.323 e. The van der Waals surface area contributed by atoms with E-state index >= 15 is 0 Å². The Hall–Kier alpha value is -1.37. The number of H-pyrrole nitrogens is 2. The summed E-state index contributed by atoms with van der Waals surface area (Å²) in [5.74, 6) is 0. The van der Waals surface area contributed by atoms with Crippen molar-refractivity contribution in [1.29, 1.82) is 0 Å². The normalized spacial score (nSPS) is 13.0. The van der Waals surface area contributed by atoms with Gasteiger partial charge in [0.05, 0.1) is 20.9 Å². The molecule has 2 heterocycles. The predicted octanol–water partition coefficient (Wildman–Crippen LogP) is 2.73. The van der Waals surface area contributed by atoms with Crippen LogP contribution in [-0.4, -0.2) is 9.97 Å². The zero-order valence-electron chi connectivity index (χ0n) is 9.24. The molecule has 1 unspecified atom stereocenters. The summed E-state index contributed by atoms with van der Waals surface area (Å²) in [6.45, 7) is 0. The molecule has 1 atom stereocenters. The van der Waals surface area contributed by atoms with E-state index in [9.17, 15) is 4.79 Å². The first-order valence-electron chi connectivity index (χ1n) is 5.36. The van der Waals surface area contributed by atoms with Crippen LogP contribution in [0.25, 0.3) is 11.0 Å². The van der Waals surface area contributed by atoms with Gasteiger partial charge in [-0.15, -0.1) is 11.3 Å². The van der Waals surface area contributed by atoms with E-state index in [2.05, 4.69) is 25.9 Å². The van der Waals surface area contributed by atoms with Crippen LogP contribution in [0.5, 0.6) is 0 Å². The molecule has 0 aliphatic carbocycles. The van der Waals surface area contributed by atoms with Crippen LogP contribution in [0.3, 0.4) is 0 Å². The maximum Gasteiger partial charge on any atom is 0.323 e. The maximum atomic E-state index is 11.2. The number of hydrogen-bond acceptors (Lipinski definition) is 3. The summed E-state index contributed by atoms with van der Waals surface area (Å²) in [6, 6.07) is 9.52. The Morgan fingerprint density at radius 1 is 1.17 bits per heavy atom. The molecule has 0 amide bonds. The van der Waals surface area contributed by atoms with Crippen molar-refractivity contribution in [3.05, 3.63) is 55.0 Å². The van der Waals surface area contributed by atoms with Crippen LogP contribution in [0, 0.1) is 0 Å². The lowest BCUT2D eigenvalue weighted by Gasteiger charge is -2.09. The smallest absolute Gasteiger partial charge is 0.320 e. The standard InChI is InChI=1S/C12H10BrN3OS/c13-10-4-3-9(18-10)11(14)6-1-2-7-8(5-6)16-12(17)15-7/h1-5,11H,14H2,(H2,15,16,17). The number of rotatable bonds is 2. The van der Waals surface area contributed by atoms with Gasteiger partial charge in [-0.05, 0) is 45.8 Å². The third-order valence-corrected chi connectivity index (χ3v) is 4.51. The molecule has 0 fully saturated rings. The van der Waals surface area contributed by atoms with Crippen molar-refractivity contribution in [2.24, 2.45) is 5.73 Å². The minimum Gasteiger partial charge on any atom is -0.320 e. The molecule has 6 heteroatoms. The summed E-state index contributed by atoms with van der Waals surface area (Å²) >= 11 is 5.04. The number of nitrogens with one attached hydrogen (secondary N) is 2. The van der Waals surface area contributed by atoms with E-state index in [1.807, 2.05) is 30.3 Å². The lowest BCUT2D eigenvalue weighted by atomic mass is 10.1. The number of aromatic nitrogens is 2. The Labute approximate surface area is 115 Å². The zero-order chi connectivity index (χ0) is 12.7. The van der Waals surface area contributed by atoms with Crippen LogP contribution >= 0.6 is 27.3 Å². The fourth-order valence-corrected chi connectivity index (χ4v) is 3.36. The molecule has 0 saturated carbocycles. The summed E-state index contributed by atoms with van der Waals surface area (Å²) in [7, 11) is 0. The van der Waals surface area contributed by atoms with Crippen LogP contribution in [0.4, 0.5) is 0 Å². The number of thiophene rings is 1. The van der Waals surface area contributed by atoms with Gasteiger partial charge < -0.3 is 15.7 Å². The Kier molecular flexibility index (Phi) is 2.85. The monoisotopic (exact) mass is 323 g/mol. The zero-order valence-corrected chi connectivity index (χ0v) is 11.6. The van der Waals surface area contributed by atoms with E-state index in [0.29, 0.717) is 0 Å². The lowest BCUT2D eigenvalue weighted by molar-refractivity contribution is 0.895. The second-order valence-electron chi connectivity index (χ2n) is 4.00. The minimum atomic E-state index is -0.199. The molecular formula is C12H10BrN3OS. The lowest BCUT2D eigenvalue weighted by Crippen LogP contribution is -2.09. The first kappa shape index (κ1) is 11.7. The van der Waals surface area contributed by atoms with Crippen molar-refractivity contribution in [2.45, 2.75) is 6.04 Å². The summed E-state index contributed by atoms with van der Waals surface area (Å²) in [5.41, 5.74) is 8.57. The van der Waals surface area contributed by atoms with Crippen molar-refractivity contribution in [3.63, 3.8) is 0 Å². The average molecular weight is 324 g/mol. The average Bonchev–Trinajstić information content (AvgIpc) is 2.92. The van der Waals surface area contributed by atoms with Gasteiger partial charge in [-0.25, -0.2) is 4.79 Å². The van der Waals surface area contributed by atoms with E-state index in [1.165, 1.54) is 0 Å². The second-order valence-corrected chi connectivity index (χ2v) is 6.50. The molecule has 18 heavy (non-hydrogen) atoms. The highest BCUT2D eigenvalue weighted by Crippen LogP contribution is 2.30. The van der Waals surface area contributed by atoms with E-state index in [0.717, 1.165) is 25.3 Å². The number of benzene rings is 1. The van der Waals surface area contributed by atoms with Crippen LogP contribution in [0.1, 0.15) is 16.5 Å². The number of aromatic amines is 2. The third kappa shape index (κ3) is 2.03. The van der Waals surface area contributed by atoms with Gasteiger partial charge in [0.15, 0.2) is 0 Å². The van der Waals surface area contributed by atoms with Crippen molar-refractivity contribution < 1.29 is 0 Å². The van der Waals surface area contributed by atoms with Gasteiger partial charge >= 0.3 is 5.69 Å². The summed E-state index contributed by atoms with van der Waals surface area (Å²) in [4.78, 5) is 17.7. The molecule has 0 aliphatic heterocycles. The molecule has 3 rings (SSSR count). The number of nitrogens with two attached hydrogens (primary N) is 1. The SMILES string of the molecule is NC(c1ccc2[nH]c(=O)[nH]c2c1)c1ccc(Br)s1. The maximum absolute atomic E-state index is 11.2. The van der Waals surface area contributed by atoms with E-state index in [-0.39, 0.29) is 11.7 Å². The van der Waals surface area contributed by atoms with Gasteiger partial charge in [0.1, 0.15) is 0 Å². The van der Waals surface area contributed by atoms with E-state index in [1.54, 1.807) is 11.3 Å². The Bertz CT molecular complexity index is 758. The van der Waals surface area contributed by atoms with Gasteiger partial charge in [0.2, 0.25) is 0 Å². The van der Waals surface area contributed by atoms with E-state index < -0.39 is 0 Å². The highest BCUT2D eigenvalue weighted by atomic mass is 79.9. The molecule has 3 aromatic rings. The van der Waals surface area contributed by atoms with Crippen LogP contribution < -0.4 is 11.4 Å². The third-order valence-electron chi connectivity index (χ3n) is 2.80. The molecule has 0 aliphatic rings. The number of imidazole rings is 1. The quantitative estimate of drug-likeness (QED) is 0.678. The number of hydrogen-bond donors (Lipinski definition) is 3. The molecule has 4 nitrogen and oxygen atoms in total. The molecule has 2 aromatic heterocycles. The van der Waals surface area contributed by atoms with Crippen molar-refractivity contribution in [3.8, 4) is 0 Å². The molecule has 92 valence electrons. The Morgan fingerprint density at radius 3 is 2.67 bits per heavy atom. The Balaban J connectivity index is 2.05. The fraction of sp³-hybridized carbons (Fsp3) is 0.0833. The Morgan fingerprint density at radius 2 is 1.94 bits per heavy atom. The van der Waals surface area contributed by atoms with Gasteiger partial charge in [0.25, 0.3) is 0 Å². The molecule has 0 radical (unpaired) electrons. The fourth-order valence-electron chi connectivity index (χ4n) is 1.90. The van der Waals surface area contributed by atoms with Gasteiger partial charge in [-0.3, -0.25) is 0 Å². The van der Waals surface area contributed by atoms with E-state index in [4.69, 9.17) is 5.73 Å². The number of halogens is 1. The summed E-state index contributed by atoms with van der Waals surface area (Å²) in [5, 5.41) is 0. The van der Waals surface area contributed by atoms with Gasteiger partial charge in [-0.1, -0.05) is 6.07 Å². The highest BCUT2D eigenvalue weighted by molar-refractivity contribution is 9.11. The summed E-state index contributed by atoms with van der Waals surface area (Å²) in [6.07, 6.45) is 0. The van der Waals surface area contributed by atoms with Crippen LogP contribution in [0.15, 0.2) is 38.9 Å². The minimum absolute atomic E-state index is 0.177. The molecular weight excluding hydrogens is 314 g/mol. The van der Waals surface area contributed by atoms with Crippen molar-refractivity contribution >= 4 is 38.3 Å². The first-order valence-corrected chi connectivity index (χ1v) is 6.97. The molecule has 1 aromatic carbocycles. The van der Waals surface area contributed by atoms with Crippen LogP contribution in [-0.2, 0) is 0 Å². The predicted molar refractivity (Wildman–Crippen MR) is 77.0 cm³/mol. The molecule has 4 N–H and O–H groups in total. The van der Waals surface area contributed by atoms with Crippen molar-refractivity contribution in [1.82, 2.24) is 9.97 Å². The topological polar surface area (TPSA) is 74.7 Å². The second kappa shape index (κ2) is 4.38. The van der Waals surface area contributed by atoms with Crippen molar-refractivity contribution in [2.75, 3.05) is 0 Å². The molecule has 0 bridgehead atoms. The van der Waals surface area contributed by atoms with Gasteiger partial charge in [-0.2, -0.15) is 0 Å². The summed E-state index contributed by atoms with van der Waals surface area (Å²) < 4.78 is 1.06. The molecule has 0 saturated heterocycles. The number of fused-ring (bicyclic) bond motifs is 1. The van der Waals surface area contributed by atoms with Crippen LogP contribution in [0.2, 0.25) is 0 Å². The van der Waals surface area contributed by atoms with Gasteiger partial charge in [0, 0.05) is 4.88 Å².